The van der Waals surface area contributed by atoms with Gasteiger partial charge in [-0.25, -0.2) is 0 Å². The van der Waals surface area contributed by atoms with Gasteiger partial charge in [-0.15, -0.1) is 0 Å². The molecule has 706 valence electrons. The minimum Gasteiger partial charge on any atom is -0.481 e. The topological polar surface area (TPSA) is 758 Å². The molecule has 47 nitrogen and oxygen atoms in total. The summed E-state index contributed by atoms with van der Waals surface area (Å²) in [7, 11) is 0. The van der Waals surface area contributed by atoms with Crippen LogP contribution in [0.15, 0.2) is 30.3 Å². The number of carboxylic acids is 1. The summed E-state index contributed by atoms with van der Waals surface area (Å²) < 4.78 is 0. The van der Waals surface area contributed by atoms with Crippen molar-refractivity contribution >= 4 is 149 Å². The number of ketones is 2. The van der Waals surface area contributed by atoms with Gasteiger partial charge in [-0.3, -0.25) is 103 Å². The molecular weight excluding hydrogens is 1690 g/mol. The van der Waals surface area contributed by atoms with Crippen molar-refractivity contribution in [1.29, 1.82) is 16.2 Å². The largest absolute Gasteiger partial charge is 0.481 e. The van der Waals surface area contributed by atoms with Gasteiger partial charge in [0.15, 0.2) is 17.9 Å². The van der Waals surface area contributed by atoms with Crippen LogP contribution in [-0.4, -0.2) is 302 Å². The summed E-state index contributed by atoms with van der Waals surface area (Å²) in [4.78, 5) is 250. The number of aliphatic hydroxyl groups is 2. The number of carbonyl (C=O) groups is 18. The van der Waals surface area contributed by atoms with E-state index in [-0.39, 0.29) is 127 Å². The summed E-state index contributed by atoms with van der Waals surface area (Å²) >= 11 is 8.58. The molecule has 1 aliphatic rings. The average Bonchev–Trinajstić information content (AvgIpc) is 0.851. The Morgan fingerprint density at radius 2 is 0.730 bits per heavy atom. The number of carbonyl (C=O) groups excluding carboxylic acids is 17. The molecule has 1 fully saturated rings. The van der Waals surface area contributed by atoms with Crippen molar-refractivity contribution < 1.29 is 102 Å². The highest BCUT2D eigenvalue weighted by molar-refractivity contribution is 7.80. The van der Waals surface area contributed by atoms with Crippen molar-refractivity contribution in [2.24, 2.45) is 40.9 Å². The first kappa shape index (κ1) is 110. The van der Waals surface area contributed by atoms with Gasteiger partial charge in [0.2, 0.25) is 100 Å². The van der Waals surface area contributed by atoms with Gasteiger partial charge >= 0.3 is 5.97 Å². The summed E-state index contributed by atoms with van der Waals surface area (Å²) in [5, 5.41) is 104. The van der Waals surface area contributed by atoms with Crippen LogP contribution in [-0.2, 0) is 92.7 Å². The number of aliphatic hydroxyl groups excluding tert-OH is 2. The zero-order valence-electron chi connectivity index (χ0n) is 72.2. The van der Waals surface area contributed by atoms with E-state index in [4.69, 9.17) is 33.4 Å². The number of amides is 15. The van der Waals surface area contributed by atoms with Gasteiger partial charge in [-0.1, -0.05) is 92.1 Å². The number of hydrogen-bond donors (Lipinski definition) is 31. The maximum absolute atomic E-state index is 14.7. The Morgan fingerprint density at radius 1 is 0.413 bits per heavy atom. The van der Waals surface area contributed by atoms with E-state index in [9.17, 15) is 102 Å². The first-order valence-corrected chi connectivity index (χ1v) is 42.6. The second-order valence-electron chi connectivity index (χ2n) is 31.2. The van der Waals surface area contributed by atoms with Gasteiger partial charge < -0.3 is 139 Å². The summed E-state index contributed by atoms with van der Waals surface area (Å²) in [5.74, 6) is -22.7. The van der Waals surface area contributed by atoms with Gasteiger partial charge in [0, 0.05) is 50.7 Å². The molecule has 32 N–H and O–H groups in total. The predicted molar refractivity (Wildman–Crippen MR) is 466 cm³/mol. The van der Waals surface area contributed by atoms with E-state index in [0.717, 1.165) is 0 Å². The molecule has 15 amide bonds. The highest BCUT2D eigenvalue weighted by atomic mass is 32.1. The lowest BCUT2D eigenvalue weighted by molar-refractivity contribution is -0.142. The van der Waals surface area contributed by atoms with E-state index in [1.54, 1.807) is 78.8 Å². The molecule has 0 spiro atoms. The molecule has 0 radical (unpaired) electrons. The van der Waals surface area contributed by atoms with Crippen LogP contribution in [0.2, 0.25) is 0 Å². The monoisotopic (exact) mass is 1820 g/mol. The lowest BCUT2D eigenvalue weighted by Crippen LogP contribution is -2.61. The van der Waals surface area contributed by atoms with E-state index in [1.165, 1.54) is 6.92 Å². The van der Waals surface area contributed by atoms with Crippen molar-refractivity contribution in [2.75, 3.05) is 83.6 Å². The Balaban J connectivity index is 2.82. The van der Waals surface area contributed by atoms with Gasteiger partial charge in [0.05, 0.1) is 57.9 Å². The molecular formula is C77H130N26O21S2. The number of rotatable bonds is 28. The number of guanidine groups is 3. The molecule has 0 aromatic heterocycles. The average molecular weight is 1820 g/mol. The lowest BCUT2D eigenvalue weighted by atomic mass is 9.97. The third-order valence-corrected chi connectivity index (χ3v) is 19.9. The molecule has 1 aromatic carbocycles. The van der Waals surface area contributed by atoms with E-state index in [2.05, 4.69) is 132 Å². The van der Waals surface area contributed by atoms with Crippen molar-refractivity contribution in [2.45, 2.75) is 211 Å². The number of benzene rings is 1. The normalized spacial score (nSPS) is 24.2. The second kappa shape index (κ2) is 59.4. The number of hydrogen-bond acceptors (Lipinski definition) is 27. The number of nitrogens with two attached hydrogens (primary N) is 3. The van der Waals surface area contributed by atoms with Crippen LogP contribution in [0.1, 0.15) is 132 Å². The molecule has 0 bridgehead atoms. The number of Topliss-reactive ketones (excluding diaryl/α,β-unsaturated/α-hetero) is 2. The summed E-state index contributed by atoms with van der Waals surface area (Å²) in [6.45, 7) is 7.38. The molecule has 49 heteroatoms. The summed E-state index contributed by atoms with van der Waals surface area (Å²) in [6, 6.07) is -11.7. The quantitative estimate of drug-likeness (QED) is 0.0122. The van der Waals surface area contributed by atoms with Crippen LogP contribution in [0.4, 0.5) is 0 Å². The van der Waals surface area contributed by atoms with Crippen LogP contribution in [0, 0.1) is 39.9 Å². The molecule has 1 aliphatic heterocycles. The van der Waals surface area contributed by atoms with Gasteiger partial charge in [-0.2, -0.15) is 25.3 Å². The fourth-order valence-electron chi connectivity index (χ4n) is 12.3. The van der Waals surface area contributed by atoms with Crippen LogP contribution >= 0.6 is 25.3 Å². The van der Waals surface area contributed by atoms with E-state index < -0.39 is 260 Å². The molecule has 5 unspecified atom stereocenters. The Hall–Kier alpha value is -11.6. The maximum Gasteiger partial charge on any atom is 0.305 e. The molecule has 14 atom stereocenters. The Bertz CT molecular complexity index is 3870. The van der Waals surface area contributed by atoms with Crippen LogP contribution in [0.5, 0.6) is 0 Å². The Morgan fingerprint density at radius 3 is 1.15 bits per heavy atom. The molecule has 0 saturated carbocycles. The predicted octanol–water partition coefficient (Wildman–Crippen LogP) is -9.61. The first-order chi connectivity index (χ1) is 59.5. The first-order valence-electron chi connectivity index (χ1n) is 41.4. The number of carboxylic acid groups (broad SMARTS) is 1. The standard InChI is InChI=1S/C77H130N26O21S2/c1-9-42(8)61-74(124)92-34-59(109)95-53(36-105)72(122)99-49(28-41(6)7)70(120)102-52(35-104)65(115)91-33-58(108)94-47(26-39(2)3)63(113)89-31-56(106)62(112)54(37-125)84-24-25-85-55(38-126)73(123)100-50(29-43-16-11-10-12-17-43)64(114)90-32-57(107)93-44(18-13-21-86-75(78)79)66(116)96-45(19-14-22-87-76(80)81)67(117)98-48(27-40(4)5)69(119)101-51(30-60(110)111)71(121)97-46(68(118)103-61)20-15-23-88-77(82)83/h10-12,16-17,39-42,44-55,61,84-85,104-105,125-126H,9,13-15,18-38H2,1-8H3,(H,89,113)(H,90,114)(H,91,115)(H,92,124)(H,93,107)(H,94,108)(H,95,109)(H,96,116)(H,97,121)(H,98,117)(H,99,122)(H,100,123)(H,101,119)(H,102,120)(H,103,118)(H,110,111)(H4,78,79,86)(H4,80,81,87)(H4,82,83,88)/t42-,44?,45-,46?,47-,48?,49?,50?,51-,52-,53-,54+,55-,61-/m0/s1. The summed E-state index contributed by atoms with van der Waals surface area (Å²) in [6.07, 6.45) is -2.22. The minimum absolute atomic E-state index is 0.00174. The fourth-order valence-corrected chi connectivity index (χ4v) is 12.9. The van der Waals surface area contributed by atoms with Crippen molar-refractivity contribution in [3.63, 3.8) is 0 Å². The summed E-state index contributed by atoms with van der Waals surface area (Å²) in [5.41, 5.74) is 17.1. The molecule has 1 saturated heterocycles. The highest BCUT2D eigenvalue weighted by Gasteiger charge is 2.38. The van der Waals surface area contributed by atoms with Crippen LogP contribution in [0.3, 0.4) is 0 Å². The molecule has 0 aliphatic carbocycles. The molecule has 126 heavy (non-hydrogen) atoms. The fraction of sp³-hybridized carbons (Fsp3) is 0.649. The third-order valence-electron chi connectivity index (χ3n) is 19.2. The van der Waals surface area contributed by atoms with Crippen LogP contribution in [0.25, 0.3) is 0 Å². The smallest absolute Gasteiger partial charge is 0.305 e. The highest BCUT2D eigenvalue weighted by Crippen LogP contribution is 2.15. The molecule has 1 heterocycles. The number of thiol groups is 2. The SMILES string of the molecule is CC[C@H](C)[C@@H]1NC(=O)C(CCCNC(=N)N)NC(=O)[C@H](CC(=O)O)NC(=O)C(CC(C)C)NC(=O)[C@H](CCCNC(=N)N)NC(=O)C(CCCNC(=N)N)NC(=O)CNC(=O)C(Cc2ccccc2)NC(=O)[C@H](CS)NCCN[C@H](CS)C(=O)C(=O)CNC(=O)[C@H](CC(C)C)NC(=O)CNC(=O)[C@H](CO)NC(=O)C(CC(C)C)NC(=O)[C@H](CO)NC(=O)CNC1=O. The van der Waals surface area contributed by atoms with Crippen molar-refractivity contribution in [3.05, 3.63) is 35.9 Å². The maximum atomic E-state index is 14.7. The Kier molecular flexibility index (Phi) is 52.0. The second-order valence-corrected chi connectivity index (χ2v) is 31.9. The zero-order valence-corrected chi connectivity index (χ0v) is 74.0. The van der Waals surface area contributed by atoms with E-state index in [1.807, 2.05) is 0 Å². The van der Waals surface area contributed by atoms with Crippen molar-refractivity contribution in [1.82, 2.24) is 106 Å². The number of aliphatic carboxylic acids is 1. The third kappa shape index (κ3) is 43.8. The van der Waals surface area contributed by atoms with Gasteiger partial charge in [0.25, 0.3) is 0 Å². The van der Waals surface area contributed by atoms with Gasteiger partial charge in [0.1, 0.15) is 66.5 Å². The lowest BCUT2D eigenvalue weighted by Gasteiger charge is -2.29. The van der Waals surface area contributed by atoms with E-state index in [0.29, 0.717) is 5.56 Å². The molecule has 2 rings (SSSR count). The van der Waals surface area contributed by atoms with E-state index >= 15 is 0 Å². The van der Waals surface area contributed by atoms with Gasteiger partial charge in [-0.05, 0) is 87.0 Å². The molecule has 1 aromatic rings. The van der Waals surface area contributed by atoms with Crippen molar-refractivity contribution in [3.8, 4) is 0 Å². The number of nitrogens with one attached hydrogen (secondary N) is 23. The Labute approximate surface area is 741 Å². The zero-order chi connectivity index (χ0) is 94.9. The van der Waals surface area contributed by atoms with Crippen LogP contribution < -0.4 is 124 Å². The minimum atomic E-state index is -2.02.